The predicted octanol–water partition coefficient (Wildman–Crippen LogP) is 3.94. The molecule has 0 saturated carbocycles. The summed E-state index contributed by atoms with van der Waals surface area (Å²) in [6, 6.07) is 7.18. The molecule has 3 aromatic rings. The molecule has 0 radical (unpaired) electrons. The number of esters is 1. The number of ketones is 1. The Morgan fingerprint density at radius 2 is 1.31 bits per heavy atom. The van der Waals surface area contributed by atoms with Gasteiger partial charge in [0, 0.05) is 12.3 Å². The normalized spacial score (nSPS) is 12.3. The van der Waals surface area contributed by atoms with E-state index in [1.54, 1.807) is 0 Å². The molecule has 0 spiro atoms. The molecule has 0 bridgehead atoms. The van der Waals surface area contributed by atoms with Gasteiger partial charge in [0.25, 0.3) is 5.56 Å². The Morgan fingerprint density at radius 3 is 1.74 bits per heavy atom. The number of aliphatic hydroxyl groups excluding tert-OH is 1. The van der Waals surface area contributed by atoms with Crippen LogP contribution in [0.15, 0.2) is 76.2 Å². The Bertz CT molecular complexity index is 1530. The fourth-order valence-electron chi connectivity index (χ4n) is 3.42. The van der Waals surface area contributed by atoms with E-state index in [0.29, 0.717) is 10.6 Å². The number of aromatic nitrogens is 2. The molecular weight excluding hydrogens is 538 g/mol. The molecule has 8 nitrogen and oxygen atoms in total. The van der Waals surface area contributed by atoms with Gasteiger partial charge in [0.1, 0.15) is 5.56 Å². The Hall–Kier alpha value is -4.62. The zero-order valence-corrected chi connectivity index (χ0v) is 19.8. The molecule has 0 saturated heterocycles. The summed E-state index contributed by atoms with van der Waals surface area (Å²) < 4.78 is 82.9. The molecule has 2 aromatic carbocycles. The molecule has 1 N–H and O–H groups in total. The van der Waals surface area contributed by atoms with Crippen molar-refractivity contribution in [1.29, 1.82) is 0 Å². The second-order valence-electron chi connectivity index (χ2n) is 8.12. The summed E-state index contributed by atoms with van der Waals surface area (Å²) in [4.78, 5) is 50.3. The lowest BCUT2D eigenvalue weighted by molar-refractivity contribution is -0.139. The van der Waals surface area contributed by atoms with E-state index in [0.717, 1.165) is 66.4 Å². The lowest BCUT2D eigenvalue weighted by atomic mass is 10.1. The molecular formula is C25H18F6N2O6. The maximum atomic E-state index is 13.1. The first-order chi connectivity index (χ1) is 18.1. The summed E-state index contributed by atoms with van der Waals surface area (Å²) in [5.74, 6) is -3.67. The van der Waals surface area contributed by atoms with Crippen LogP contribution in [0.4, 0.5) is 26.3 Å². The van der Waals surface area contributed by atoms with E-state index in [2.05, 4.69) is 4.74 Å². The molecule has 0 fully saturated rings. The first kappa shape index (κ1) is 28.9. The number of ether oxygens (including phenoxy) is 1. The molecule has 0 amide bonds. The molecule has 14 heteroatoms. The fourth-order valence-corrected chi connectivity index (χ4v) is 3.42. The van der Waals surface area contributed by atoms with Crippen LogP contribution in [0.2, 0.25) is 0 Å². The molecule has 0 aliphatic heterocycles. The number of carbonyl (C=O) groups excluding carboxylic acids is 2. The van der Waals surface area contributed by atoms with Crippen molar-refractivity contribution in [1.82, 2.24) is 9.13 Å². The number of alkyl halides is 6. The standard InChI is InChI=1S/C25H18F6N2O6/c1-39-22(37)20(35)10-19(34)18-13-32(11-14-2-6-16(7-3-14)24(26,27)28)23(38)33(21(18)36)12-15-4-8-17(9-5-15)25(29,30)31/h2-10,13,35H,11-12H2,1H3. The van der Waals surface area contributed by atoms with E-state index in [-0.39, 0.29) is 11.1 Å². The summed E-state index contributed by atoms with van der Waals surface area (Å²) in [6.07, 6.45) is -8.07. The van der Waals surface area contributed by atoms with E-state index < -0.39 is 70.9 Å². The van der Waals surface area contributed by atoms with Crippen molar-refractivity contribution < 1.29 is 45.8 Å². The molecule has 206 valence electrons. The van der Waals surface area contributed by atoms with Crippen LogP contribution < -0.4 is 11.2 Å². The van der Waals surface area contributed by atoms with Crippen molar-refractivity contribution in [3.63, 3.8) is 0 Å². The first-order valence-corrected chi connectivity index (χ1v) is 10.8. The highest BCUT2D eigenvalue weighted by molar-refractivity contribution is 6.07. The maximum Gasteiger partial charge on any atom is 0.416 e. The van der Waals surface area contributed by atoms with E-state index in [9.17, 15) is 50.6 Å². The largest absolute Gasteiger partial charge is 0.502 e. The molecule has 0 unspecified atom stereocenters. The quantitative estimate of drug-likeness (QED) is 0.155. The smallest absolute Gasteiger partial charge is 0.416 e. The van der Waals surface area contributed by atoms with Gasteiger partial charge in [-0.25, -0.2) is 9.59 Å². The van der Waals surface area contributed by atoms with Gasteiger partial charge in [-0.3, -0.25) is 18.7 Å². The summed E-state index contributed by atoms with van der Waals surface area (Å²) in [7, 11) is 0.915. The van der Waals surface area contributed by atoms with Crippen molar-refractivity contribution in [2.45, 2.75) is 25.4 Å². The van der Waals surface area contributed by atoms with Gasteiger partial charge in [0.15, 0.2) is 5.78 Å². The number of benzene rings is 2. The van der Waals surface area contributed by atoms with Gasteiger partial charge in [-0.1, -0.05) is 24.3 Å². The van der Waals surface area contributed by atoms with Gasteiger partial charge in [0.05, 0.1) is 31.3 Å². The van der Waals surface area contributed by atoms with Crippen LogP contribution in [0.5, 0.6) is 0 Å². The highest BCUT2D eigenvalue weighted by Gasteiger charge is 2.31. The second-order valence-corrected chi connectivity index (χ2v) is 8.12. The third-order valence-electron chi connectivity index (χ3n) is 5.42. The van der Waals surface area contributed by atoms with Crippen LogP contribution in [0, 0.1) is 0 Å². The third kappa shape index (κ3) is 6.83. The average Bonchev–Trinajstić information content (AvgIpc) is 2.87. The summed E-state index contributed by atoms with van der Waals surface area (Å²) in [6.45, 7) is -0.978. The van der Waals surface area contributed by atoms with Gasteiger partial charge < -0.3 is 9.84 Å². The number of hydrogen-bond acceptors (Lipinski definition) is 6. The van der Waals surface area contributed by atoms with Crippen LogP contribution in [0.25, 0.3) is 0 Å². The number of carbonyl (C=O) groups is 2. The Morgan fingerprint density at radius 1 is 0.846 bits per heavy atom. The minimum Gasteiger partial charge on any atom is -0.502 e. The predicted molar refractivity (Wildman–Crippen MR) is 123 cm³/mol. The lowest BCUT2D eigenvalue weighted by Crippen LogP contribution is -2.42. The Kier molecular flexibility index (Phi) is 8.17. The minimum atomic E-state index is -4.63. The number of hydrogen-bond donors (Lipinski definition) is 1. The maximum absolute atomic E-state index is 13.1. The highest BCUT2D eigenvalue weighted by Crippen LogP contribution is 2.30. The van der Waals surface area contributed by atoms with Crippen LogP contribution in [-0.4, -0.2) is 33.1 Å². The number of halogens is 6. The van der Waals surface area contributed by atoms with Crippen molar-refractivity contribution in [3.8, 4) is 0 Å². The summed E-state index contributed by atoms with van der Waals surface area (Å²) in [5, 5.41) is 9.69. The zero-order valence-electron chi connectivity index (χ0n) is 19.8. The van der Waals surface area contributed by atoms with E-state index in [1.165, 1.54) is 0 Å². The monoisotopic (exact) mass is 556 g/mol. The summed E-state index contributed by atoms with van der Waals surface area (Å²) >= 11 is 0. The molecule has 0 aliphatic rings. The zero-order chi connectivity index (χ0) is 29.1. The average molecular weight is 556 g/mol. The van der Waals surface area contributed by atoms with E-state index >= 15 is 0 Å². The molecule has 0 atom stereocenters. The van der Waals surface area contributed by atoms with E-state index in [4.69, 9.17) is 0 Å². The summed E-state index contributed by atoms with van der Waals surface area (Å²) in [5.41, 5.74) is -4.61. The van der Waals surface area contributed by atoms with Crippen LogP contribution in [0.3, 0.4) is 0 Å². The van der Waals surface area contributed by atoms with Crippen molar-refractivity contribution in [2.24, 2.45) is 0 Å². The molecule has 3 rings (SSSR count). The Balaban J connectivity index is 2.10. The van der Waals surface area contributed by atoms with Crippen molar-refractivity contribution >= 4 is 11.8 Å². The van der Waals surface area contributed by atoms with Crippen LogP contribution in [-0.2, 0) is 35.0 Å². The van der Waals surface area contributed by atoms with Gasteiger partial charge in [-0.05, 0) is 35.4 Å². The van der Waals surface area contributed by atoms with Gasteiger partial charge in [-0.15, -0.1) is 0 Å². The molecule has 0 aliphatic carbocycles. The first-order valence-electron chi connectivity index (χ1n) is 10.8. The SMILES string of the molecule is COC(=O)C(O)=CC(=O)c1cn(Cc2ccc(C(F)(F)F)cc2)c(=O)n(Cc2ccc(C(F)(F)F)cc2)c1=O. The van der Waals surface area contributed by atoms with Gasteiger partial charge in [0.2, 0.25) is 5.76 Å². The number of nitrogens with zero attached hydrogens (tertiary/aromatic N) is 2. The van der Waals surface area contributed by atoms with Crippen LogP contribution >= 0.6 is 0 Å². The number of rotatable bonds is 7. The van der Waals surface area contributed by atoms with Gasteiger partial charge >= 0.3 is 24.0 Å². The topological polar surface area (TPSA) is 108 Å². The van der Waals surface area contributed by atoms with Crippen molar-refractivity contribution in [2.75, 3.05) is 7.11 Å². The van der Waals surface area contributed by atoms with E-state index in [1.807, 2.05) is 0 Å². The lowest BCUT2D eigenvalue weighted by Gasteiger charge is -2.14. The highest BCUT2D eigenvalue weighted by atomic mass is 19.4. The van der Waals surface area contributed by atoms with Crippen molar-refractivity contribution in [3.05, 3.63) is 115 Å². The number of methoxy groups -OCH3 is 1. The molecule has 1 aromatic heterocycles. The molecule has 1 heterocycles. The Labute approximate surface area is 215 Å². The number of aliphatic hydroxyl groups is 1. The van der Waals surface area contributed by atoms with Gasteiger partial charge in [-0.2, -0.15) is 26.3 Å². The third-order valence-corrected chi connectivity index (χ3v) is 5.42. The fraction of sp³-hybridized carbons (Fsp3) is 0.200. The second kappa shape index (κ2) is 11.0. The number of allylic oxidation sites excluding steroid dienone is 1. The van der Waals surface area contributed by atoms with Crippen LogP contribution in [0.1, 0.15) is 32.6 Å². The minimum absolute atomic E-state index is 0.0841. The molecule has 39 heavy (non-hydrogen) atoms.